The second kappa shape index (κ2) is 11.8. The molecule has 212 valence electrons. The molecule has 11 nitrogen and oxygen atoms in total. The number of hydrogen-bond donors (Lipinski definition) is 2. The van der Waals surface area contributed by atoms with Crippen LogP contribution in [0, 0.1) is 0 Å². The van der Waals surface area contributed by atoms with Crippen LogP contribution in [0.25, 0.3) is 11.1 Å². The number of fused-ring (bicyclic) bond motifs is 1. The lowest BCUT2D eigenvalue weighted by Gasteiger charge is -2.44. The van der Waals surface area contributed by atoms with Crippen molar-refractivity contribution >= 4 is 17.4 Å². The molecule has 2 aliphatic rings. The summed E-state index contributed by atoms with van der Waals surface area (Å²) < 4.78 is 12.1. The lowest BCUT2D eigenvalue weighted by atomic mass is 9.82. The number of amides is 1. The van der Waals surface area contributed by atoms with Crippen LogP contribution < -0.4 is 25.6 Å². The molecular formula is C30H32N6O5. The van der Waals surface area contributed by atoms with Gasteiger partial charge in [0.05, 0.1) is 30.4 Å². The summed E-state index contributed by atoms with van der Waals surface area (Å²) in [6.07, 6.45) is 1.30. The molecule has 0 unspecified atom stereocenters. The molecular weight excluding hydrogens is 524 g/mol. The number of ether oxygens (including phenoxy) is 2. The minimum atomic E-state index is -0.658. The third-order valence-electron chi connectivity index (χ3n) is 7.52. The first-order chi connectivity index (χ1) is 19.9. The first kappa shape index (κ1) is 27.8. The zero-order chi connectivity index (χ0) is 29.0. The van der Waals surface area contributed by atoms with E-state index in [1.54, 1.807) is 50.2 Å². The topological polar surface area (TPSA) is 140 Å². The van der Waals surface area contributed by atoms with Crippen LogP contribution >= 0.6 is 0 Å². The van der Waals surface area contributed by atoms with Gasteiger partial charge in [-0.1, -0.05) is 35.6 Å². The number of carbonyl (C=O) groups excluding carboxylic acids is 2. The standard InChI is InChI=1S/C30H32N6O5/c1-19(33-35-34-31)21-9-10-25-23(15-21)24(37)18-30(40-25)11-13-36(14-12-30)29(38)22-16-26(39-3)28(27(17-22)41-32-2)20-7-5-4-6-8-20/h4-10,15-17,32H,11-14,18H2,1-3H3,(H2,31,35)/b33-19+. The maximum atomic E-state index is 13.6. The largest absolute Gasteiger partial charge is 0.496 e. The molecule has 1 amide bonds. The fourth-order valence-electron chi connectivity index (χ4n) is 5.40. The lowest BCUT2D eigenvalue weighted by molar-refractivity contribution is -0.00573. The number of carbonyl (C=O) groups is 2. The molecule has 0 radical (unpaired) electrons. The van der Waals surface area contributed by atoms with Crippen molar-refractivity contribution in [2.75, 3.05) is 27.2 Å². The van der Waals surface area contributed by atoms with E-state index in [1.165, 1.54) is 0 Å². The fraction of sp³-hybridized carbons (Fsp3) is 0.300. The second-order valence-electron chi connectivity index (χ2n) is 10.0. The van der Waals surface area contributed by atoms with Crippen molar-refractivity contribution in [1.29, 1.82) is 0 Å². The smallest absolute Gasteiger partial charge is 0.254 e. The van der Waals surface area contributed by atoms with Crippen LogP contribution in [0.15, 0.2) is 76.2 Å². The van der Waals surface area contributed by atoms with E-state index in [0.29, 0.717) is 60.0 Å². The van der Waals surface area contributed by atoms with E-state index in [2.05, 4.69) is 21.0 Å². The molecule has 1 saturated heterocycles. The van der Waals surface area contributed by atoms with Crippen molar-refractivity contribution in [3.05, 3.63) is 77.4 Å². The number of hydroxylamine groups is 1. The Bertz CT molecular complexity index is 1510. The van der Waals surface area contributed by atoms with Crippen molar-refractivity contribution in [2.24, 2.45) is 21.4 Å². The van der Waals surface area contributed by atoms with Crippen molar-refractivity contribution in [3.8, 4) is 28.4 Å². The van der Waals surface area contributed by atoms with Crippen LogP contribution in [0.2, 0.25) is 0 Å². The number of ketones is 1. The number of nitrogens with zero attached hydrogens (tertiary/aromatic N) is 4. The summed E-state index contributed by atoms with van der Waals surface area (Å²) in [5.74, 6) is 6.43. The van der Waals surface area contributed by atoms with E-state index in [9.17, 15) is 9.59 Å². The number of rotatable bonds is 7. The summed E-state index contributed by atoms with van der Waals surface area (Å²) in [4.78, 5) is 34.3. The number of piperidine rings is 1. The summed E-state index contributed by atoms with van der Waals surface area (Å²) in [5, 5.41) is 10.5. The highest BCUT2D eigenvalue weighted by molar-refractivity contribution is 6.05. The number of benzene rings is 3. The van der Waals surface area contributed by atoms with Crippen LogP contribution in [0.5, 0.6) is 17.2 Å². The normalized spacial score (nSPS) is 16.4. The predicted molar refractivity (Wildman–Crippen MR) is 153 cm³/mol. The molecule has 3 N–H and O–H groups in total. The molecule has 11 heteroatoms. The van der Waals surface area contributed by atoms with Gasteiger partial charge in [-0.2, -0.15) is 5.48 Å². The number of likely N-dealkylation sites (tertiary alicyclic amines) is 1. The molecule has 2 aliphatic heterocycles. The third kappa shape index (κ3) is 5.62. The van der Waals surface area contributed by atoms with Gasteiger partial charge in [-0.25, -0.2) is 0 Å². The number of Topliss-reactive ketones (excluding diaryl/α,β-unsaturated/α-hetero) is 1. The molecule has 0 bridgehead atoms. The van der Waals surface area contributed by atoms with Gasteiger partial charge in [0.25, 0.3) is 5.91 Å². The highest BCUT2D eigenvalue weighted by atomic mass is 16.6. The molecule has 0 atom stereocenters. The van der Waals surface area contributed by atoms with Gasteiger partial charge in [0.1, 0.15) is 17.1 Å². The van der Waals surface area contributed by atoms with E-state index in [-0.39, 0.29) is 18.1 Å². The van der Waals surface area contributed by atoms with Crippen molar-refractivity contribution in [1.82, 2.24) is 10.4 Å². The van der Waals surface area contributed by atoms with Gasteiger partial charge in [0, 0.05) is 38.5 Å². The molecule has 5 rings (SSSR count). The van der Waals surface area contributed by atoms with Gasteiger partial charge in [0.15, 0.2) is 11.5 Å². The highest BCUT2D eigenvalue weighted by Gasteiger charge is 2.44. The van der Waals surface area contributed by atoms with Crippen LogP contribution in [-0.4, -0.2) is 55.2 Å². The summed E-state index contributed by atoms with van der Waals surface area (Å²) >= 11 is 0. The molecule has 0 aliphatic carbocycles. The van der Waals surface area contributed by atoms with Gasteiger partial charge >= 0.3 is 0 Å². The molecule has 3 aromatic rings. The second-order valence-corrected chi connectivity index (χ2v) is 10.0. The first-order valence-corrected chi connectivity index (χ1v) is 13.3. The average molecular weight is 557 g/mol. The van der Waals surface area contributed by atoms with Crippen molar-refractivity contribution < 1.29 is 23.9 Å². The van der Waals surface area contributed by atoms with E-state index >= 15 is 0 Å². The Balaban J connectivity index is 1.34. The SMILES string of the molecule is CNOc1cc(C(=O)N2CCC3(CC2)CC(=O)c2cc(/C(C)=N/N=N\N)ccc2O3)cc(OC)c1-c1ccccc1. The minimum absolute atomic E-state index is 0.00350. The zero-order valence-corrected chi connectivity index (χ0v) is 23.2. The lowest BCUT2D eigenvalue weighted by Crippen LogP contribution is -2.52. The fourth-order valence-corrected chi connectivity index (χ4v) is 5.40. The maximum Gasteiger partial charge on any atom is 0.254 e. The van der Waals surface area contributed by atoms with Crippen molar-refractivity contribution in [2.45, 2.75) is 31.8 Å². The van der Waals surface area contributed by atoms with Gasteiger partial charge < -0.3 is 25.1 Å². The van der Waals surface area contributed by atoms with Gasteiger partial charge in [-0.15, -0.1) is 5.10 Å². The molecule has 1 fully saturated rings. The Morgan fingerprint density at radius 1 is 1.05 bits per heavy atom. The van der Waals surface area contributed by atoms with Gasteiger partial charge in [-0.05, 0) is 53.6 Å². The molecule has 41 heavy (non-hydrogen) atoms. The van der Waals surface area contributed by atoms with Crippen LogP contribution in [0.1, 0.15) is 52.5 Å². The molecule has 0 aromatic heterocycles. The average Bonchev–Trinajstić information content (AvgIpc) is 3.00. The first-order valence-electron chi connectivity index (χ1n) is 13.3. The van der Waals surface area contributed by atoms with E-state index < -0.39 is 5.60 Å². The van der Waals surface area contributed by atoms with E-state index in [4.69, 9.17) is 20.2 Å². The minimum Gasteiger partial charge on any atom is -0.496 e. The number of hydrogen-bond acceptors (Lipinski definition) is 8. The number of nitrogens with two attached hydrogens (primary N) is 1. The summed E-state index contributed by atoms with van der Waals surface area (Å²) in [6, 6.07) is 18.5. The quantitative estimate of drug-likeness (QED) is 0.188. The Labute approximate surface area is 237 Å². The maximum absolute atomic E-state index is 13.6. The van der Waals surface area contributed by atoms with Crippen LogP contribution in [0.4, 0.5) is 0 Å². The van der Waals surface area contributed by atoms with Crippen LogP contribution in [-0.2, 0) is 0 Å². The Morgan fingerprint density at radius 2 is 1.78 bits per heavy atom. The monoisotopic (exact) mass is 556 g/mol. The number of nitrogens with one attached hydrogen (secondary N) is 1. The van der Waals surface area contributed by atoms with Gasteiger partial charge in [0.2, 0.25) is 0 Å². The number of methoxy groups -OCH3 is 1. The zero-order valence-electron chi connectivity index (χ0n) is 23.2. The molecule has 2 heterocycles. The van der Waals surface area contributed by atoms with Gasteiger partial charge in [-0.3, -0.25) is 9.59 Å². The van der Waals surface area contributed by atoms with E-state index in [0.717, 1.165) is 16.7 Å². The Morgan fingerprint density at radius 3 is 2.46 bits per heavy atom. The summed E-state index contributed by atoms with van der Waals surface area (Å²) in [5.41, 5.74) is 5.98. The van der Waals surface area contributed by atoms with Crippen LogP contribution in [0.3, 0.4) is 0 Å². The summed E-state index contributed by atoms with van der Waals surface area (Å²) in [6.45, 7) is 2.65. The summed E-state index contributed by atoms with van der Waals surface area (Å²) in [7, 11) is 3.23. The third-order valence-corrected chi connectivity index (χ3v) is 7.52. The molecule has 1 spiro atoms. The van der Waals surface area contributed by atoms with Crippen molar-refractivity contribution in [3.63, 3.8) is 0 Å². The predicted octanol–water partition coefficient (Wildman–Crippen LogP) is 4.57. The molecule has 3 aromatic carbocycles. The highest BCUT2D eigenvalue weighted by Crippen LogP contribution is 2.42. The van der Waals surface area contributed by atoms with E-state index in [1.807, 2.05) is 36.4 Å². The Kier molecular flexibility index (Phi) is 7.97. The molecule has 0 saturated carbocycles. The Hall–Kier alpha value is -4.77.